The monoisotopic (exact) mass is 463 g/mol. The molecule has 0 aliphatic rings. The van der Waals surface area contributed by atoms with Crippen LogP contribution in [0.2, 0.25) is 0 Å². The average Bonchev–Trinajstić information content (AvgIpc) is 2.94. The molecule has 1 aromatic heterocycles. The van der Waals surface area contributed by atoms with Gasteiger partial charge in [-0.3, -0.25) is 9.48 Å². The zero-order valence-corrected chi connectivity index (χ0v) is 16.3. The summed E-state index contributed by atoms with van der Waals surface area (Å²) in [4.78, 5) is 35.9. The number of aromatic nitrogens is 2. The lowest BCUT2D eigenvalue weighted by Crippen LogP contribution is -2.15. The Bertz CT molecular complexity index is 921. The summed E-state index contributed by atoms with van der Waals surface area (Å²) in [6.07, 6.45) is -4.73. The molecule has 2 aromatic rings. The molecule has 8 nitrogen and oxygen atoms in total. The molecule has 2 rings (SSSR count). The Hall–Kier alpha value is -2.89. The van der Waals surface area contributed by atoms with Crippen molar-refractivity contribution in [1.82, 2.24) is 9.78 Å². The van der Waals surface area contributed by atoms with Gasteiger partial charge in [-0.15, -0.1) is 0 Å². The smallest absolute Gasteiger partial charge is 0.434 e. The van der Waals surface area contributed by atoms with Gasteiger partial charge in [-0.1, -0.05) is 0 Å². The number of amides is 1. The van der Waals surface area contributed by atoms with Crippen LogP contribution in [0.3, 0.4) is 0 Å². The van der Waals surface area contributed by atoms with Crippen molar-refractivity contribution in [3.63, 3.8) is 0 Å². The van der Waals surface area contributed by atoms with Crippen LogP contribution in [0.15, 0.2) is 22.7 Å². The second-order valence-electron chi connectivity index (χ2n) is 5.37. The summed E-state index contributed by atoms with van der Waals surface area (Å²) in [5, 5.41) is 5.88. The standard InChI is InChI=1S/C16H13BrF3N3O5/c1-23-12(16(18,19)20)10(17)11(22-23)13(24)21-9-5-7(14(25)27-2)4-8(6-9)15(26)28-3/h4-6H,1-3H3,(H,21,24). The number of aryl methyl sites for hydroxylation is 1. The lowest BCUT2D eigenvalue weighted by molar-refractivity contribution is -0.144. The number of hydrogen-bond acceptors (Lipinski definition) is 6. The number of benzene rings is 1. The van der Waals surface area contributed by atoms with E-state index >= 15 is 0 Å². The number of carbonyl (C=O) groups excluding carboxylic acids is 3. The van der Waals surface area contributed by atoms with Crippen molar-refractivity contribution in [2.75, 3.05) is 19.5 Å². The first-order valence-electron chi connectivity index (χ1n) is 7.42. The van der Waals surface area contributed by atoms with Crippen LogP contribution in [0, 0.1) is 0 Å². The van der Waals surface area contributed by atoms with E-state index in [1.807, 2.05) is 0 Å². The summed E-state index contributed by atoms with van der Waals surface area (Å²) in [6, 6.07) is 3.57. The zero-order chi connectivity index (χ0) is 21.2. The number of hydrogen-bond donors (Lipinski definition) is 1. The van der Waals surface area contributed by atoms with E-state index < -0.39 is 39.9 Å². The van der Waals surface area contributed by atoms with Crippen molar-refractivity contribution >= 4 is 39.5 Å². The van der Waals surface area contributed by atoms with E-state index in [0.717, 1.165) is 21.3 Å². The lowest BCUT2D eigenvalue weighted by Gasteiger charge is -2.09. The molecule has 1 N–H and O–H groups in total. The van der Waals surface area contributed by atoms with Crippen molar-refractivity contribution in [3.8, 4) is 0 Å². The maximum absolute atomic E-state index is 13.0. The number of alkyl halides is 3. The molecule has 150 valence electrons. The van der Waals surface area contributed by atoms with E-state index in [9.17, 15) is 27.6 Å². The second-order valence-corrected chi connectivity index (χ2v) is 6.16. The molecule has 0 saturated carbocycles. The molecule has 12 heteroatoms. The molecule has 0 radical (unpaired) electrons. The predicted octanol–water partition coefficient (Wildman–Crippen LogP) is 3.03. The van der Waals surface area contributed by atoms with Gasteiger partial charge >= 0.3 is 18.1 Å². The van der Waals surface area contributed by atoms with Crippen LogP contribution >= 0.6 is 15.9 Å². The Balaban J connectivity index is 2.44. The van der Waals surface area contributed by atoms with Gasteiger partial charge in [-0.2, -0.15) is 18.3 Å². The van der Waals surface area contributed by atoms with Gasteiger partial charge in [0, 0.05) is 12.7 Å². The molecule has 1 amide bonds. The first-order valence-corrected chi connectivity index (χ1v) is 8.21. The van der Waals surface area contributed by atoms with Crippen LogP contribution in [0.1, 0.15) is 36.9 Å². The maximum atomic E-state index is 13.0. The molecule has 0 atom stereocenters. The van der Waals surface area contributed by atoms with Gasteiger partial charge in [0.05, 0.1) is 29.8 Å². The minimum atomic E-state index is -4.73. The topological polar surface area (TPSA) is 99.5 Å². The SMILES string of the molecule is COC(=O)c1cc(NC(=O)c2nn(C)c(C(F)(F)F)c2Br)cc(C(=O)OC)c1. The molecule has 0 unspecified atom stereocenters. The number of methoxy groups -OCH3 is 2. The van der Waals surface area contributed by atoms with E-state index in [1.54, 1.807) is 0 Å². The maximum Gasteiger partial charge on any atom is 0.434 e. The average molecular weight is 464 g/mol. The van der Waals surface area contributed by atoms with Crippen LogP contribution < -0.4 is 5.32 Å². The third-order valence-corrected chi connectivity index (χ3v) is 4.26. The fourth-order valence-corrected chi connectivity index (χ4v) is 3.05. The van der Waals surface area contributed by atoms with Crippen molar-refractivity contribution in [1.29, 1.82) is 0 Å². The van der Waals surface area contributed by atoms with Crippen LogP contribution in [0.4, 0.5) is 18.9 Å². The van der Waals surface area contributed by atoms with Gasteiger partial charge in [0.1, 0.15) is 0 Å². The molecule has 28 heavy (non-hydrogen) atoms. The summed E-state index contributed by atoms with van der Waals surface area (Å²) in [6.45, 7) is 0. The molecule has 0 saturated heterocycles. The predicted molar refractivity (Wildman–Crippen MR) is 93.0 cm³/mol. The first-order chi connectivity index (χ1) is 13.0. The normalized spacial score (nSPS) is 11.1. The van der Waals surface area contributed by atoms with Crippen LogP contribution in [0.5, 0.6) is 0 Å². The quantitative estimate of drug-likeness (QED) is 0.699. The van der Waals surface area contributed by atoms with Gasteiger partial charge in [0.25, 0.3) is 5.91 Å². The van der Waals surface area contributed by atoms with E-state index in [-0.39, 0.29) is 16.8 Å². The minimum Gasteiger partial charge on any atom is -0.465 e. The lowest BCUT2D eigenvalue weighted by atomic mass is 10.1. The molecule has 1 heterocycles. The highest BCUT2D eigenvalue weighted by molar-refractivity contribution is 9.10. The number of halogens is 4. The molecular weight excluding hydrogens is 451 g/mol. The third-order valence-electron chi connectivity index (χ3n) is 3.51. The summed E-state index contributed by atoms with van der Waals surface area (Å²) in [7, 11) is 3.28. The Morgan fingerprint density at radius 3 is 1.96 bits per heavy atom. The van der Waals surface area contributed by atoms with Gasteiger partial charge in [-0.25, -0.2) is 9.59 Å². The largest absolute Gasteiger partial charge is 0.465 e. The molecule has 0 aliphatic carbocycles. The van der Waals surface area contributed by atoms with Crippen molar-refractivity contribution in [2.45, 2.75) is 6.18 Å². The van der Waals surface area contributed by atoms with Crippen molar-refractivity contribution < 1.29 is 37.0 Å². The fraction of sp³-hybridized carbons (Fsp3) is 0.250. The Labute approximate surface area is 164 Å². The Kier molecular flexibility index (Phi) is 6.12. The third kappa shape index (κ3) is 4.32. The van der Waals surface area contributed by atoms with Gasteiger partial charge in [0.15, 0.2) is 11.4 Å². The van der Waals surface area contributed by atoms with Gasteiger partial charge in [-0.05, 0) is 34.1 Å². The number of nitrogens with one attached hydrogen (secondary N) is 1. The van der Waals surface area contributed by atoms with Gasteiger partial charge < -0.3 is 14.8 Å². The molecule has 1 aromatic carbocycles. The highest BCUT2D eigenvalue weighted by Crippen LogP contribution is 2.36. The zero-order valence-electron chi connectivity index (χ0n) is 14.7. The second kappa shape index (κ2) is 8.00. The van der Waals surface area contributed by atoms with Gasteiger partial charge in [0.2, 0.25) is 0 Å². The fourth-order valence-electron chi connectivity index (χ4n) is 2.31. The van der Waals surface area contributed by atoms with E-state index in [4.69, 9.17) is 0 Å². The summed E-state index contributed by atoms with van der Waals surface area (Å²) in [5.41, 5.74) is -1.86. The van der Waals surface area contributed by atoms with E-state index in [0.29, 0.717) is 4.68 Å². The van der Waals surface area contributed by atoms with Crippen LogP contribution in [0.25, 0.3) is 0 Å². The Morgan fingerprint density at radius 1 is 1.07 bits per heavy atom. The summed E-state index contributed by atoms with van der Waals surface area (Å²) < 4.78 is 48.3. The molecular formula is C16H13BrF3N3O5. The number of esters is 2. The molecule has 0 bridgehead atoms. The minimum absolute atomic E-state index is 0.0422. The number of nitrogens with zero attached hydrogens (tertiary/aromatic N) is 2. The molecule has 0 aliphatic heterocycles. The number of anilines is 1. The van der Waals surface area contributed by atoms with E-state index in [1.165, 1.54) is 18.2 Å². The number of carbonyl (C=O) groups is 3. The Morgan fingerprint density at radius 2 is 1.57 bits per heavy atom. The van der Waals surface area contributed by atoms with Crippen LogP contribution in [-0.2, 0) is 22.7 Å². The summed E-state index contributed by atoms with van der Waals surface area (Å²) in [5.74, 6) is -2.57. The highest BCUT2D eigenvalue weighted by Gasteiger charge is 2.39. The van der Waals surface area contributed by atoms with Crippen molar-refractivity contribution in [3.05, 3.63) is 45.2 Å². The highest BCUT2D eigenvalue weighted by atomic mass is 79.9. The number of rotatable bonds is 4. The molecule has 0 spiro atoms. The number of ether oxygens (including phenoxy) is 2. The van der Waals surface area contributed by atoms with Crippen LogP contribution in [-0.4, -0.2) is 41.8 Å². The summed E-state index contributed by atoms with van der Waals surface area (Å²) >= 11 is 2.74. The molecule has 0 fully saturated rings. The van der Waals surface area contributed by atoms with E-state index in [2.05, 4.69) is 35.8 Å². The van der Waals surface area contributed by atoms with Crippen molar-refractivity contribution in [2.24, 2.45) is 7.05 Å². The first kappa shape index (κ1) is 21.4.